The van der Waals surface area contributed by atoms with Gasteiger partial charge in [-0.25, -0.2) is 4.44 Å². The molecule has 0 heterocycles. The second-order valence-electron chi connectivity index (χ2n) is 10.4. The molecule has 4 aromatic rings. The van der Waals surface area contributed by atoms with Crippen molar-refractivity contribution in [3.63, 3.8) is 0 Å². The summed E-state index contributed by atoms with van der Waals surface area (Å²) in [5.41, 5.74) is 0. The predicted octanol–water partition coefficient (Wildman–Crippen LogP) is 8.52. The lowest BCUT2D eigenvalue weighted by molar-refractivity contribution is 0.227. The van der Waals surface area contributed by atoms with Crippen molar-refractivity contribution in [3.8, 4) is 0 Å². The summed E-state index contributed by atoms with van der Waals surface area (Å²) >= 11 is 0. The second-order valence-corrected chi connectivity index (χ2v) is 14.9. The first-order chi connectivity index (χ1) is 18.9. The monoisotopic (exact) mass is 537 g/mol. The molecule has 0 radical (unpaired) electrons. The standard InChI is InChI=1S/C35H41NP2/c1-2-3-8-19-30-20-17-18-29-35(30)36(37(31-21-9-4-10-22-31)32-23-11-5-12-24-32)38(33-25-13-6-14-26-33)34-27-15-7-16-28-34/h4-7,9-16,21-28,30,35H,2-3,8,17-20,29H2,1H3/t30-,35-/m0/s1. The van der Waals surface area contributed by atoms with Crippen LogP contribution in [0.25, 0.3) is 0 Å². The highest BCUT2D eigenvalue weighted by Crippen LogP contribution is 2.58. The molecule has 1 nitrogen and oxygen atoms in total. The Morgan fingerprint density at radius 3 is 1.34 bits per heavy atom. The molecule has 5 rings (SSSR count). The van der Waals surface area contributed by atoms with Gasteiger partial charge in [-0.2, -0.15) is 0 Å². The molecule has 38 heavy (non-hydrogen) atoms. The predicted molar refractivity (Wildman–Crippen MR) is 170 cm³/mol. The number of hydrogen-bond donors (Lipinski definition) is 0. The summed E-state index contributed by atoms with van der Waals surface area (Å²) in [5, 5.41) is 5.86. The molecular weight excluding hydrogens is 496 g/mol. The highest BCUT2D eigenvalue weighted by Gasteiger charge is 2.40. The first-order valence-corrected chi connectivity index (χ1v) is 17.0. The van der Waals surface area contributed by atoms with Crippen molar-refractivity contribution in [1.29, 1.82) is 0 Å². The van der Waals surface area contributed by atoms with Gasteiger partial charge >= 0.3 is 0 Å². The van der Waals surface area contributed by atoms with E-state index in [1.54, 1.807) is 0 Å². The van der Waals surface area contributed by atoms with Crippen molar-refractivity contribution < 1.29 is 0 Å². The molecule has 0 bridgehead atoms. The van der Waals surface area contributed by atoms with Crippen LogP contribution >= 0.6 is 16.1 Å². The van der Waals surface area contributed by atoms with Crippen molar-refractivity contribution in [3.05, 3.63) is 121 Å². The van der Waals surface area contributed by atoms with Gasteiger partial charge in [0.1, 0.15) is 0 Å². The molecule has 0 aromatic heterocycles. The largest absolute Gasteiger partial charge is 0.241 e. The quantitative estimate of drug-likeness (QED) is 0.137. The van der Waals surface area contributed by atoms with Crippen molar-refractivity contribution in [2.45, 2.75) is 64.3 Å². The minimum Gasteiger partial charge on any atom is -0.241 e. The highest BCUT2D eigenvalue weighted by atomic mass is 31.2. The molecule has 0 N–H and O–H groups in total. The minimum absolute atomic E-state index is 0.582. The Bertz CT molecular complexity index is 1040. The molecule has 2 atom stereocenters. The van der Waals surface area contributed by atoms with Gasteiger partial charge in [0, 0.05) is 22.2 Å². The fourth-order valence-electron chi connectivity index (χ4n) is 5.92. The zero-order valence-electron chi connectivity index (χ0n) is 22.7. The molecule has 196 valence electrons. The minimum atomic E-state index is -0.707. The van der Waals surface area contributed by atoms with Crippen LogP contribution < -0.4 is 21.2 Å². The topological polar surface area (TPSA) is 3.24 Å². The zero-order valence-corrected chi connectivity index (χ0v) is 24.5. The van der Waals surface area contributed by atoms with E-state index in [-0.39, 0.29) is 0 Å². The summed E-state index contributed by atoms with van der Waals surface area (Å²) in [6, 6.07) is 46.2. The fourth-order valence-corrected chi connectivity index (χ4v) is 12.4. The maximum atomic E-state index is 3.07. The first kappa shape index (κ1) is 27.3. The van der Waals surface area contributed by atoms with Crippen LogP contribution in [0.15, 0.2) is 121 Å². The molecular formula is C35H41NP2. The van der Waals surface area contributed by atoms with E-state index < -0.39 is 16.1 Å². The van der Waals surface area contributed by atoms with E-state index >= 15 is 0 Å². The van der Waals surface area contributed by atoms with E-state index in [9.17, 15) is 0 Å². The van der Waals surface area contributed by atoms with Gasteiger partial charge in [0.25, 0.3) is 0 Å². The van der Waals surface area contributed by atoms with Crippen LogP contribution in [0.2, 0.25) is 0 Å². The van der Waals surface area contributed by atoms with Gasteiger partial charge in [0.05, 0.1) is 0 Å². The normalized spacial score (nSPS) is 17.8. The molecule has 1 fully saturated rings. The lowest BCUT2D eigenvalue weighted by Gasteiger charge is -2.48. The van der Waals surface area contributed by atoms with Gasteiger partial charge in [-0.15, -0.1) is 0 Å². The van der Waals surface area contributed by atoms with E-state index in [1.807, 2.05) is 0 Å². The average Bonchev–Trinajstić information content (AvgIpc) is 2.99. The number of benzene rings is 4. The van der Waals surface area contributed by atoms with Crippen molar-refractivity contribution in [2.75, 3.05) is 0 Å². The number of rotatable bonds is 11. The summed E-state index contributed by atoms with van der Waals surface area (Å²) in [5.74, 6) is 0.755. The molecule has 0 amide bonds. The fraction of sp³-hybridized carbons (Fsp3) is 0.314. The summed E-state index contributed by atoms with van der Waals surface area (Å²) in [6.45, 7) is 2.33. The Hall–Kier alpha value is -2.30. The van der Waals surface area contributed by atoms with Gasteiger partial charge < -0.3 is 0 Å². The SMILES string of the molecule is CCCCC[C@H]1CCCC[C@@H]1N(P(c1ccccc1)c1ccccc1)P(c1ccccc1)c1ccccc1. The number of nitrogens with zero attached hydrogens (tertiary/aromatic N) is 1. The van der Waals surface area contributed by atoms with E-state index in [1.165, 1.54) is 72.6 Å². The Morgan fingerprint density at radius 2 is 0.947 bits per heavy atom. The number of unbranched alkanes of at least 4 members (excludes halogenated alkanes) is 2. The molecule has 3 heteroatoms. The van der Waals surface area contributed by atoms with E-state index in [0.29, 0.717) is 6.04 Å². The Morgan fingerprint density at radius 1 is 0.553 bits per heavy atom. The van der Waals surface area contributed by atoms with Gasteiger partial charge in [-0.05, 0) is 46.4 Å². The first-order valence-electron chi connectivity index (χ1n) is 14.5. The van der Waals surface area contributed by atoms with Crippen LogP contribution in [0.4, 0.5) is 0 Å². The average molecular weight is 538 g/mol. The highest BCUT2D eigenvalue weighted by molar-refractivity contribution is 7.84. The molecule has 1 aliphatic rings. The molecule has 4 aromatic carbocycles. The summed E-state index contributed by atoms with van der Waals surface area (Å²) in [4.78, 5) is 0. The van der Waals surface area contributed by atoms with Crippen molar-refractivity contribution in [1.82, 2.24) is 4.44 Å². The molecule has 1 aliphatic carbocycles. The van der Waals surface area contributed by atoms with Crippen LogP contribution in [0, 0.1) is 5.92 Å². The van der Waals surface area contributed by atoms with E-state index in [2.05, 4.69) is 133 Å². The third kappa shape index (κ3) is 6.63. The maximum absolute atomic E-state index is 3.07. The smallest absolute Gasteiger partial charge is 0.0325 e. The molecule has 0 saturated heterocycles. The van der Waals surface area contributed by atoms with Gasteiger partial charge in [0.2, 0.25) is 0 Å². The van der Waals surface area contributed by atoms with Crippen molar-refractivity contribution in [2.24, 2.45) is 5.92 Å². The number of hydrogen-bond acceptors (Lipinski definition) is 1. The van der Waals surface area contributed by atoms with E-state index in [0.717, 1.165) is 5.92 Å². The molecule has 0 aliphatic heterocycles. The van der Waals surface area contributed by atoms with E-state index in [4.69, 9.17) is 0 Å². The van der Waals surface area contributed by atoms with Gasteiger partial charge in [0.15, 0.2) is 0 Å². The summed E-state index contributed by atoms with van der Waals surface area (Å²) < 4.78 is 3.07. The lowest BCUT2D eigenvalue weighted by atomic mass is 9.82. The Kier molecular flexibility index (Phi) is 10.2. The Balaban J connectivity index is 1.71. The summed E-state index contributed by atoms with van der Waals surface area (Å²) in [7, 11) is -1.41. The second kappa shape index (κ2) is 14.2. The van der Waals surface area contributed by atoms with Crippen LogP contribution in [0.5, 0.6) is 0 Å². The third-order valence-electron chi connectivity index (χ3n) is 7.76. The van der Waals surface area contributed by atoms with Gasteiger partial charge in [-0.1, -0.05) is 160 Å². The van der Waals surface area contributed by atoms with Crippen LogP contribution in [-0.4, -0.2) is 10.5 Å². The summed E-state index contributed by atoms with van der Waals surface area (Å²) in [6.07, 6.45) is 10.7. The molecule has 1 saturated carbocycles. The van der Waals surface area contributed by atoms with Crippen molar-refractivity contribution >= 4 is 37.4 Å². The Labute approximate surface area is 232 Å². The zero-order chi connectivity index (χ0) is 26.0. The van der Waals surface area contributed by atoms with Crippen LogP contribution in [0.1, 0.15) is 58.3 Å². The molecule has 0 spiro atoms. The third-order valence-corrected chi connectivity index (χ3v) is 13.4. The lowest BCUT2D eigenvalue weighted by Crippen LogP contribution is -2.43. The maximum Gasteiger partial charge on any atom is 0.0325 e. The van der Waals surface area contributed by atoms with Crippen LogP contribution in [0.3, 0.4) is 0 Å². The molecule has 0 unspecified atom stereocenters. The van der Waals surface area contributed by atoms with Crippen LogP contribution in [-0.2, 0) is 0 Å². The van der Waals surface area contributed by atoms with Gasteiger partial charge in [-0.3, -0.25) is 0 Å².